The number of rotatable bonds is 5. The van der Waals surface area contributed by atoms with Gasteiger partial charge in [-0.25, -0.2) is 4.39 Å². The third-order valence-electron chi connectivity index (χ3n) is 6.67. The molecule has 0 aromatic heterocycles. The van der Waals surface area contributed by atoms with Gasteiger partial charge in [-0.05, 0) is 80.9 Å². The molecule has 2 fully saturated rings. The number of carbonyl (C=O) groups excluding carboxylic acids is 2. The summed E-state index contributed by atoms with van der Waals surface area (Å²) < 4.78 is 18.3. The van der Waals surface area contributed by atoms with Crippen LogP contribution in [-0.2, 0) is 0 Å². The standard InChI is InChI=1S/C25H29FN2O4/c1-32-21-8-4-17(5-9-21)24(30)18-10-13-27(14-11-18)22-16-28(15-12-23(22)29)25(31)19-2-6-20(26)7-3-19/h2-9,18,22-23,29H,10-16H2,1H3. The van der Waals surface area contributed by atoms with Gasteiger partial charge >= 0.3 is 0 Å². The van der Waals surface area contributed by atoms with Gasteiger partial charge in [-0.15, -0.1) is 0 Å². The molecule has 0 bridgehead atoms. The summed E-state index contributed by atoms with van der Waals surface area (Å²) in [4.78, 5) is 29.7. The second-order valence-electron chi connectivity index (χ2n) is 8.58. The summed E-state index contributed by atoms with van der Waals surface area (Å²) in [5, 5.41) is 10.6. The Morgan fingerprint density at radius 3 is 2.19 bits per heavy atom. The zero-order valence-corrected chi connectivity index (χ0v) is 18.2. The number of halogens is 1. The summed E-state index contributed by atoms with van der Waals surface area (Å²) in [7, 11) is 1.60. The minimum absolute atomic E-state index is 0.0441. The van der Waals surface area contributed by atoms with E-state index in [1.165, 1.54) is 24.3 Å². The highest BCUT2D eigenvalue weighted by atomic mass is 19.1. The molecule has 32 heavy (non-hydrogen) atoms. The van der Waals surface area contributed by atoms with E-state index in [1.54, 1.807) is 36.3 Å². The van der Waals surface area contributed by atoms with Crippen LogP contribution in [0.2, 0.25) is 0 Å². The third-order valence-corrected chi connectivity index (χ3v) is 6.67. The molecule has 7 heteroatoms. The van der Waals surface area contributed by atoms with Crippen molar-refractivity contribution in [1.29, 1.82) is 0 Å². The molecule has 2 atom stereocenters. The number of methoxy groups -OCH3 is 1. The summed E-state index contributed by atoms with van der Waals surface area (Å²) in [6, 6.07) is 12.6. The lowest BCUT2D eigenvalue weighted by Crippen LogP contribution is -2.58. The van der Waals surface area contributed by atoms with Crippen LogP contribution < -0.4 is 4.74 Å². The molecule has 0 spiro atoms. The lowest BCUT2D eigenvalue weighted by molar-refractivity contribution is -0.0175. The van der Waals surface area contributed by atoms with Crippen molar-refractivity contribution in [2.75, 3.05) is 33.3 Å². The average molecular weight is 441 g/mol. The number of carbonyl (C=O) groups is 2. The second kappa shape index (κ2) is 9.79. The summed E-state index contributed by atoms with van der Waals surface area (Å²) in [5.74, 6) is 0.302. The third kappa shape index (κ3) is 4.84. The number of ketones is 1. The average Bonchev–Trinajstić information content (AvgIpc) is 2.84. The van der Waals surface area contributed by atoms with Crippen LogP contribution in [0.15, 0.2) is 48.5 Å². The van der Waals surface area contributed by atoms with Crippen molar-refractivity contribution in [2.45, 2.75) is 31.4 Å². The van der Waals surface area contributed by atoms with Crippen molar-refractivity contribution in [1.82, 2.24) is 9.80 Å². The molecule has 2 aliphatic heterocycles. The van der Waals surface area contributed by atoms with Gasteiger partial charge in [0.05, 0.1) is 19.3 Å². The number of ether oxygens (including phenoxy) is 1. The van der Waals surface area contributed by atoms with Crippen LogP contribution in [-0.4, -0.2) is 72.0 Å². The minimum atomic E-state index is -0.513. The Morgan fingerprint density at radius 2 is 1.56 bits per heavy atom. The number of likely N-dealkylation sites (tertiary alicyclic amines) is 2. The fourth-order valence-corrected chi connectivity index (χ4v) is 4.72. The molecule has 2 aromatic carbocycles. The molecule has 2 aliphatic rings. The molecule has 6 nitrogen and oxygen atoms in total. The van der Waals surface area contributed by atoms with E-state index in [0.717, 1.165) is 18.6 Å². The lowest BCUT2D eigenvalue weighted by Gasteiger charge is -2.44. The fourth-order valence-electron chi connectivity index (χ4n) is 4.72. The highest BCUT2D eigenvalue weighted by Crippen LogP contribution is 2.27. The summed E-state index contributed by atoms with van der Waals surface area (Å²) in [6.45, 7) is 2.30. The summed E-state index contributed by atoms with van der Waals surface area (Å²) >= 11 is 0. The zero-order valence-electron chi connectivity index (χ0n) is 18.2. The van der Waals surface area contributed by atoms with Crippen LogP contribution >= 0.6 is 0 Å². The van der Waals surface area contributed by atoms with Crippen LogP contribution in [0.3, 0.4) is 0 Å². The number of amides is 1. The van der Waals surface area contributed by atoms with Crippen molar-refractivity contribution in [2.24, 2.45) is 5.92 Å². The van der Waals surface area contributed by atoms with Crippen molar-refractivity contribution in [3.05, 3.63) is 65.5 Å². The Balaban J connectivity index is 1.36. The molecular formula is C25H29FN2O4. The number of hydrogen-bond acceptors (Lipinski definition) is 5. The Hall–Kier alpha value is -2.77. The quantitative estimate of drug-likeness (QED) is 0.724. The smallest absolute Gasteiger partial charge is 0.253 e. The van der Waals surface area contributed by atoms with Gasteiger partial charge in [0.1, 0.15) is 11.6 Å². The largest absolute Gasteiger partial charge is 0.497 e. The molecule has 2 aromatic rings. The molecule has 170 valence electrons. The maximum absolute atomic E-state index is 13.2. The fraction of sp³-hybridized carbons (Fsp3) is 0.440. The number of aliphatic hydroxyl groups excluding tert-OH is 1. The SMILES string of the molecule is COc1ccc(C(=O)C2CCN(C3CN(C(=O)c4ccc(F)cc4)CCC3O)CC2)cc1. The normalized spacial score (nSPS) is 22.5. The van der Waals surface area contributed by atoms with Gasteiger partial charge in [0.25, 0.3) is 5.91 Å². The number of aliphatic hydroxyl groups is 1. The van der Waals surface area contributed by atoms with Gasteiger partial charge in [-0.2, -0.15) is 0 Å². The van der Waals surface area contributed by atoms with E-state index in [1.807, 2.05) is 0 Å². The number of piperidine rings is 2. The van der Waals surface area contributed by atoms with Crippen molar-refractivity contribution < 1.29 is 23.8 Å². The van der Waals surface area contributed by atoms with Crippen LogP contribution in [0, 0.1) is 11.7 Å². The predicted molar refractivity (Wildman–Crippen MR) is 118 cm³/mol. The van der Waals surface area contributed by atoms with Crippen LogP contribution in [0.5, 0.6) is 5.75 Å². The van der Waals surface area contributed by atoms with E-state index in [4.69, 9.17) is 4.74 Å². The van der Waals surface area contributed by atoms with Crippen molar-refractivity contribution in [3.63, 3.8) is 0 Å². The summed E-state index contributed by atoms with van der Waals surface area (Å²) in [6.07, 6.45) is 1.43. The van der Waals surface area contributed by atoms with Gasteiger partial charge in [-0.3, -0.25) is 14.5 Å². The number of Topliss-reactive ketones (excluding diaryl/α,β-unsaturated/α-hetero) is 1. The minimum Gasteiger partial charge on any atom is -0.497 e. The molecule has 2 heterocycles. The first-order valence-corrected chi connectivity index (χ1v) is 11.1. The van der Waals surface area contributed by atoms with E-state index in [0.29, 0.717) is 43.7 Å². The lowest BCUT2D eigenvalue weighted by atomic mass is 9.87. The van der Waals surface area contributed by atoms with E-state index in [-0.39, 0.29) is 29.5 Å². The van der Waals surface area contributed by atoms with E-state index >= 15 is 0 Å². The Kier molecular flexibility index (Phi) is 6.86. The Labute approximate surface area is 187 Å². The monoisotopic (exact) mass is 440 g/mol. The van der Waals surface area contributed by atoms with E-state index < -0.39 is 6.10 Å². The highest BCUT2D eigenvalue weighted by molar-refractivity contribution is 5.98. The first kappa shape index (κ1) is 22.4. The Bertz CT molecular complexity index is 939. The maximum Gasteiger partial charge on any atom is 0.253 e. The first-order chi connectivity index (χ1) is 15.5. The maximum atomic E-state index is 13.2. The van der Waals surface area contributed by atoms with Gasteiger partial charge < -0.3 is 14.7 Å². The second-order valence-corrected chi connectivity index (χ2v) is 8.58. The first-order valence-electron chi connectivity index (χ1n) is 11.1. The molecule has 0 aliphatic carbocycles. The number of benzene rings is 2. The zero-order chi connectivity index (χ0) is 22.7. The topological polar surface area (TPSA) is 70.1 Å². The van der Waals surface area contributed by atoms with Gasteiger partial charge in [0.2, 0.25) is 0 Å². The predicted octanol–water partition coefficient (Wildman–Crippen LogP) is 3.00. The summed E-state index contributed by atoms with van der Waals surface area (Å²) in [5.41, 5.74) is 1.14. The molecule has 4 rings (SSSR count). The van der Waals surface area contributed by atoms with Gasteiger partial charge in [0, 0.05) is 30.1 Å². The van der Waals surface area contributed by atoms with E-state index in [2.05, 4.69) is 4.90 Å². The van der Waals surface area contributed by atoms with Crippen LogP contribution in [0.4, 0.5) is 4.39 Å². The van der Waals surface area contributed by atoms with Crippen LogP contribution in [0.1, 0.15) is 40.0 Å². The molecule has 2 saturated heterocycles. The van der Waals surface area contributed by atoms with E-state index in [9.17, 15) is 19.1 Å². The number of nitrogens with zero attached hydrogens (tertiary/aromatic N) is 2. The van der Waals surface area contributed by atoms with Crippen LogP contribution in [0.25, 0.3) is 0 Å². The van der Waals surface area contributed by atoms with Crippen molar-refractivity contribution in [3.8, 4) is 5.75 Å². The number of hydrogen-bond donors (Lipinski definition) is 1. The molecule has 0 saturated carbocycles. The molecule has 2 unspecified atom stereocenters. The van der Waals surface area contributed by atoms with Crippen molar-refractivity contribution >= 4 is 11.7 Å². The molecule has 1 amide bonds. The molecule has 1 N–H and O–H groups in total. The Morgan fingerprint density at radius 1 is 0.938 bits per heavy atom. The molecule has 0 radical (unpaired) electrons. The van der Waals surface area contributed by atoms with Gasteiger partial charge in [-0.1, -0.05) is 0 Å². The molecular weight excluding hydrogens is 411 g/mol. The highest BCUT2D eigenvalue weighted by Gasteiger charge is 2.37. The van der Waals surface area contributed by atoms with Gasteiger partial charge in [0.15, 0.2) is 5.78 Å².